The van der Waals surface area contributed by atoms with E-state index >= 15 is 0 Å². The molecule has 0 radical (unpaired) electrons. The number of rotatable bonds is 6. The van der Waals surface area contributed by atoms with Gasteiger partial charge in [-0.15, -0.1) is 0 Å². The molecule has 278 valence electrons. The summed E-state index contributed by atoms with van der Waals surface area (Å²) in [6, 6.07) is 74.2. The molecule has 1 aliphatic carbocycles. The van der Waals surface area contributed by atoms with Crippen LogP contribution in [0, 0.1) is 0 Å². The minimum atomic E-state index is -0.0978. The van der Waals surface area contributed by atoms with Gasteiger partial charge in [0.1, 0.15) is 0 Å². The van der Waals surface area contributed by atoms with Gasteiger partial charge in [0.25, 0.3) is 0 Å². The van der Waals surface area contributed by atoms with E-state index in [2.05, 4.69) is 220 Å². The second kappa shape index (κ2) is 13.9. The highest BCUT2D eigenvalue weighted by atomic mass is 14.9. The molecule has 2 nitrogen and oxygen atoms in total. The van der Waals surface area contributed by atoms with E-state index < -0.39 is 0 Å². The summed E-state index contributed by atoms with van der Waals surface area (Å²) >= 11 is 0. The Balaban J connectivity index is 1.07. The highest BCUT2D eigenvalue weighted by Crippen LogP contribution is 2.52. The first-order valence-corrected chi connectivity index (χ1v) is 20.4. The van der Waals surface area contributed by atoms with Crippen LogP contribution in [0.1, 0.15) is 25.0 Å². The minimum absolute atomic E-state index is 0.0978. The normalized spacial score (nSPS) is 12.7. The lowest BCUT2D eigenvalue weighted by Crippen LogP contribution is -2.15. The molecule has 1 aliphatic rings. The molecule has 11 rings (SSSR count). The molecular weight excluding hydrogens is 713 g/mol. The lowest BCUT2D eigenvalue weighted by atomic mass is 9.80. The molecule has 0 saturated carbocycles. The molecule has 1 aromatic heterocycles. The zero-order valence-corrected chi connectivity index (χ0v) is 33.0. The molecule has 0 saturated heterocycles. The Morgan fingerprint density at radius 1 is 0.322 bits per heavy atom. The van der Waals surface area contributed by atoms with Crippen molar-refractivity contribution in [3.05, 3.63) is 217 Å². The van der Waals surface area contributed by atoms with E-state index in [0.717, 1.165) is 50.2 Å². The summed E-state index contributed by atoms with van der Waals surface area (Å²) < 4.78 is 0. The number of aromatic nitrogens is 2. The maximum Gasteiger partial charge on any atom is 0.160 e. The van der Waals surface area contributed by atoms with Gasteiger partial charge in [-0.3, -0.25) is 0 Å². The van der Waals surface area contributed by atoms with Crippen molar-refractivity contribution in [3.63, 3.8) is 0 Å². The first-order chi connectivity index (χ1) is 29.0. The average Bonchev–Trinajstić information content (AvgIpc) is 3.54. The molecule has 0 unspecified atom stereocenters. The molecule has 9 aromatic carbocycles. The summed E-state index contributed by atoms with van der Waals surface area (Å²) in [6.07, 6.45) is 0. The zero-order chi connectivity index (χ0) is 39.5. The second-order valence-electron chi connectivity index (χ2n) is 16.1. The Bertz CT molecular complexity index is 3220. The minimum Gasteiger partial charge on any atom is -0.228 e. The Morgan fingerprint density at radius 2 is 0.847 bits per heavy atom. The summed E-state index contributed by atoms with van der Waals surface area (Å²) in [5, 5.41) is 4.98. The van der Waals surface area contributed by atoms with Crippen molar-refractivity contribution in [2.75, 3.05) is 0 Å². The molecule has 0 fully saturated rings. The maximum absolute atomic E-state index is 5.36. The Morgan fingerprint density at radius 3 is 1.59 bits per heavy atom. The molecule has 0 atom stereocenters. The zero-order valence-electron chi connectivity index (χ0n) is 33.0. The average molecular weight is 753 g/mol. The van der Waals surface area contributed by atoms with Crippen LogP contribution in [0.4, 0.5) is 0 Å². The summed E-state index contributed by atoms with van der Waals surface area (Å²) in [5.74, 6) is 0.695. The van der Waals surface area contributed by atoms with Gasteiger partial charge in [0.15, 0.2) is 5.82 Å². The molecule has 0 bridgehead atoms. The van der Waals surface area contributed by atoms with Crippen LogP contribution in [0.15, 0.2) is 206 Å². The SMILES string of the molecule is CC1(C)c2ccc(-c3ccc(-c4cc(-c5ccccc5-c5ccccc5)nc(-c5ccc(-c6ccccc6)cc5)n4)c4ccccc34)cc2-c2ccc3ccccc3c21. The number of nitrogens with zero attached hydrogens (tertiary/aromatic N) is 2. The summed E-state index contributed by atoms with van der Waals surface area (Å²) in [4.78, 5) is 10.7. The number of hydrogen-bond acceptors (Lipinski definition) is 2. The fraction of sp³-hybridized carbons (Fsp3) is 0.0526. The smallest absolute Gasteiger partial charge is 0.160 e. The van der Waals surface area contributed by atoms with Crippen LogP contribution in [-0.4, -0.2) is 9.97 Å². The van der Waals surface area contributed by atoms with Crippen LogP contribution in [0.5, 0.6) is 0 Å². The molecule has 1 heterocycles. The van der Waals surface area contributed by atoms with Crippen molar-refractivity contribution in [3.8, 4) is 78.4 Å². The Labute approximate surface area is 345 Å². The monoisotopic (exact) mass is 752 g/mol. The molecule has 0 N–H and O–H groups in total. The standard InChI is InChI=1S/C57H40N2/c1-57(2)52-34-30-42(35-51(52)50-31-29-40-19-9-10-21-45(40)55(50)57)44-32-33-49(47-23-13-12-22-46(44)47)54-36-53(48-24-14-11-20-43(48)39-17-7-4-8-18-39)58-56(59-54)41-27-25-38(26-28-41)37-15-5-3-6-16-37/h3-36H,1-2H3. The van der Waals surface area contributed by atoms with Gasteiger partial charge in [0.05, 0.1) is 11.4 Å². The van der Waals surface area contributed by atoms with Crippen molar-refractivity contribution in [1.82, 2.24) is 9.97 Å². The molecule has 0 aliphatic heterocycles. The van der Waals surface area contributed by atoms with Gasteiger partial charge in [-0.2, -0.15) is 0 Å². The Kier molecular flexibility index (Phi) is 8.20. The van der Waals surface area contributed by atoms with Crippen LogP contribution >= 0.6 is 0 Å². The van der Waals surface area contributed by atoms with Gasteiger partial charge in [-0.1, -0.05) is 208 Å². The first-order valence-electron chi connectivity index (χ1n) is 20.4. The maximum atomic E-state index is 5.36. The van der Waals surface area contributed by atoms with Crippen LogP contribution in [-0.2, 0) is 5.41 Å². The van der Waals surface area contributed by atoms with E-state index in [4.69, 9.17) is 9.97 Å². The van der Waals surface area contributed by atoms with Crippen LogP contribution < -0.4 is 0 Å². The largest absolute Gasteiger partial charge is 0.228 e. The number of fused-ring (bicyclic) bond motifs is 6. The highest BCUT2D eigenvalue weighted by molar-refractivity contribution is 6.06. The number of hydrogen-bond donors (Lipinski definition) is 0. The highest BCUT2D eigenvalue weighted by Gasteiger charge is 2.37. The van der Waals surface area contributed by atoms with Gasteiger partial charge in [-0.25, -0.2) is 9.97 Å². The summed E-state index contributed by atoms with van der Waals surface area (Å²) in [7, 11) is 0. The van der Waals surface area contributed by atoms with E-state index in [9.17, 15) is 0 Å². The molecular formula is C57H40N2. The Hall–Kier alpha value is -7.42. The van der Waals surface area contributed by atoms with E-state index in [1.807, 2.05) is 0 Å². The third-order valence-corrected chi connectivity index (χ3v) is 12.3. The van der Waals surface area contributed by atoms with E-state index in [1.165, 1.54) is 55.1 Å². The van der Waals surface area contributed by atoms with Gasteiger partial charge in [0, 0.05) is 22.1 Å². The van der Waals surface area contributed by atoms with Crippen LogP contribution in [0.3, 0.4) is 0 Å². The molecule has 0 amide bonds. The van der Waals surface area contributed by atoms with E-state index in [-0.39, 0.29) is 5.41 Å². The molecule has 10 aromatic rings. The van der Waals surface area contributed by atoms with Crippen LogP contribution in [0.25, 0.3) is 100.0 Å². The van der Waals surface area contributed by atoms with Crippen molar-refractivity contribution in [1.29, 1.82) is 0 Å². The van der Waals surface area contributed by atoms with Crippen molar-refractivity contribution >= 4 is 21.5 Å². The van der Waals surface area contributed by atoms with E-state index in [1.54, 1.807) is 0 Å². The number of benzene rings is 9. The predicted molar refractivity (Wildman–Crippen MR) is 247 cm³/mol. The predicted octanol–water partition coefficient (Wildman–Crippen LogP) is 15.1. The fourth-order valence-corrected chi connectivity index (χ4v) is 9.43. The van der Waals surface area contributed by atoms with Crippen molar-refractivity contribution < 1.29 is 0 Å². The topological polar surface area (TPSA) is 25.8 Å². The quantitative estimate of drug-likeness (QED) is 0.169. The molecule has 59 heavy (non-hydrogen) atoms. The summed E-state index contributed by atoms with van der Waals surface area (Å²) in [5.41, 5.74) is 17.3. The second-order valence-corrected chi connectivity index (χ2v) is 16.1. The third-order valence-electron chi connectivity index (χ3n) is 12.3. The first kappa shape index (κ1) is 34.8. The van der Waals surface area contributed by atoms with Gasteiger partial charge < -0.3 is 0 Å². The summed E-state index contributed by atoms with van der Waals surface area (Å²) in [6.45, 7) is 4.74. The third kappa shape index (κ3) is 5.87. The molecule has 0 spiro atoms. The molecule has 2 heteroatoms. The van der Waals surface area contributed by atoms with Gasteiger partial charge >= 0.3 is 0 Å². The lowest BCUT2D eigenvalue weighted by Gasteiger charge is -2.23. The van der Waals surface area contributed by atoms with Crippen molar-refractivity contribution in [2.24, 2.45) is 0 Å². The fourth-order valence-electron chi connectivity index (χ4n) is 9.43. The van der Waals surface area contributed by atoms with Crippen LogP contribution in [0.2, 0.25) is 0 Å². The van der Waals surface area contributed by atoms with Crippen molar-refractivity contribution in [2.45, 2.75) is 19.3 Å². The van der Waals surface area contributed by atoms with Gasteiger partial charge in [0.2, 0.25) is 0 Å². The van der Waals surface area contributed by atoms with Gasteiger partial charge in [-0.05, 0) is 89.3 Å². The lowest BCUT2D eigenvalue weighted by molar-refractivity contribution is 0.666. The van der Waals surface area contributed by atoms with E-state index in [0.29, 0.717) is 5.82 Å².